The Labute approximate surface area is 125 Å². The van der Waals surface area contributed by atoms with Crippen LogP contribution in [0.3, 0.4) is 0 Å². The fraction of sp³-hybridized carbons (Fsp3) is 0.600. The highest BCUT2D eigenvalue weighted by Crippen LogP contribution is 2.33. The van der Waals surface area contributed by atoms with Crippen molar-refractivity contribution in [1.29, 1.82) is 0 Å². The topological polar surface area (TPSA) is 42.4 Å². The molecule has 1 amide bonds. The van der Waals surface area contributed by atoms with Gasteiger partial charge in [-0.15, -0.1) is 0 Å². The monoisotopic (exact) mass is 296 g/mol. The molecule has 20 heavy (non-hydrogen) atoms. The van der Waals surface area contributed by atoms with E-state index in [4.69, 9.17) is 16.3 Å². The molecule has 1 saturated heterocycles. The molecule has 0 spiro atoms. The summed E-state index contributed by atoms with van der Waals surface area (Å²) in [5, 5.41) is 0.510. The molecule has 1 aliphatic heterocycles. The molecule has 0 radical (unpaired) electrons. The van der Waals surface area contributed by atoms with E-state index in [0.717, 1.165) is 30.5 Å². The van der Waals surface area contributed by atoms with Crippen molar-refractivity contribution < 1.29 is 9.53 Å². The van der Waals surface area contributed by atoms with Crippen molar-refractivity contribution in [3.8, 4) is 0 Å². The van der Waals surface area contributed by atoms with Crippen LogP contribution in [0.4, 0.5) is 4.79 Å². The smallest absolute Gasteiger partial charge is 0.410 e. The number of hydrogen-bond acceptors (Lipinski definition) is 3. The minimum atomic E-state index is -0.474. The predicted molar refractivity (Wildman–Crippen MR) is 78.9 cm³/mol. The number of amides is 1. The van der Waals surface area contributed by atoms with Gasteiger partial charge in [0.15, 0.2) is 0 Å². The van der Waals surface area contributed by atoms with Crippen LogP contribution in [-0.2, 0) is 4.74 Å². The normalized spacial score (nSPS) is 19.2. The van der Waals surface area contributed by atoms with Crippen molar-refractivity contribution in [3.05, 3.63) is 28.5 Å². The molecule has 2 heterocycles. The molecule has 0 saturated carbocycles. The van der Waals surface area contributed by atoms with Gasteiger partial charge in [-0.25, -0.2) is 9.78 Å². The van der Waals surface area contributed by atoms with Gasteiger partial charge in [-0.1, -0.05) is 11.6 Å². The highest BCUT2D eigenvalue weighted by molar-refractivity contribution is 6.30. The van der Waals surface area contributed by atoms with Crippen LogP contribution in [0.1, 0.15) is 50.8 Å². The molecule has 1 fully saturated rings. The number of nitrogens with zero attached hydrogens (tertiary/aromatic N) is 2. The second-order valence-electron chi connectivity index (χ2n) is 6.21. The van der Waals surface area contributed by atoms with Crippen molar-refractivity contribution in [2.45, 2.75) is 52.2 Å². The number of likely N-dealkylation sites (tertiary alicyclic amines) is 1. The molecule has 4 nitrogen and oxygen atoms in total. The second-order valence-corrected chi connectivity index (χ2v) is 6.57. The number of aromatic nitrogens is 1. The molecule has 1 unspecified atom stereocenters. The van der Waals surface area contributed by atoms with E-state index in [0.29, 0.717) is 5.15 Å². The van der Waals surface area contributed by atoms with Crippen LogP contribution in [0.5, 0.6) is 0 Å². The van der Waals surface area contributed by atoms with Crippen molar-refractivity contribution in [2.24, 2.45) is 0 Å². The van der Waals surface area contributed by atoms with Crippen molar-refractivity contribution >= 4 is 17.7 Å². The number of carbonyl (C=O) groups is 1. The Balaban J connectivity index is 2.18. The maximum Gasteiger partial charge on any atom is 0.410 e. The Morgan fingerprint density at radius 2 is 2.20 bits per heavy atom. The van der Waals surface area contributed by atoms with Gasteiger partial charge in [-0.2, -0.15) is 0 Å². The molecule has 5 heteroatoms. The molecule has 2 rings (SSSR count). The minimum absolute atomic E-state index is 0.0355. The summed E-state index contributed by atoms with van der Waals surface area (Å²) >= 11 is 5.96. The third-order valence-electron chi connectivity index (χ3n) is 3.30. The van der Waals surface area contributed by atoms with Gasteiger partial charge >= 0.3 is 6.09 Å². The third-order valence-corrected chi connectivity index (χ3v) is 3.70. The average Bonchev–Trinajstić information content (AvgIpc) is 2.79. The van der Waals surface area contributed by atoms with Crippen LogP contribution in [-0.4, -0.2) is 28.1 Å². The van der Waals surface area contributed by atoms with Gasteiger partial charge in [0.2, 0.25) is 0 Å². The van der Waals surface area contributed by atoms with Crippen LogP contribution in [0, 0.1) is 6.92 Å². The van der Waals surface area contributed by atoms with Gasteiger partial charge in [0.05, 0.1) is 6.04 Å². The summed E-state index contributed by atoms with van der Waals surface area (Å²) in [7, 11) is 0. The molecule has 1 aromatic heterocycles. The number of rotatable bonds is 1. The van der Waals surface area contributed by atoms with Crippen molar-refractivity contribution in [2.75, 3.05) is 6.54 Å². The van der Waals surface area contributed by atoms with Crippen molar-refractivity contribution in [3.63, 3.8) is 0 Å². The number of halogens is 1. The highest BCUT2D eigenvalue weighted by Gasteiger charge is 2.33. The van der Waals surface area contributed by atoms with Crippen LogP contribution in [0.25, 0.3) is 0 Å². The van der Waals surface area contributed by atoms with Gasteiger partial charge in [-0.3, -0.25) is 0 Å². The lowest BCUT2D eigenvalue weighted by atomic mass is 10.1. The predicted octanol–water partition coefficient (Wildman–Crippen LogP) is 4.12. The quantitative estimate of drug-likeness (QED) is 0.732. The number of aryl methyl sites for hydroxylation is 1. The summed E-state index contributed by atoms with van der Waals surface area (Å²) in [5.41, 5.74) is 1.48. The van der Waals surface area contributed by atoms with E-state index < -0.39 is 5.60 Å². The maximum atomic E-state index is 12.3. The largest absolute Gasteiger partial charge is 0.444 e. The van der Waals surface area contributed by atoms with E-state index >= 15 is 0 Å². The molecule has 0 aliphatic carbocycles. The van der Waals surface area contributed by atoms with Crippen LogP contribution < -0.4 is 0 Å². The summed E-state index contributed by atoms with van der Waals surface area (Å²) in [6, 6.07) is 2.04. The number of ether oxygens (including phenoxy) is 1. The Morgan fingerprint density at radius 3 is 2.80 bits per heavy atom. The van der Waals surface area contributed by atoms with E-state index in [1.807, 2.05) is 33.8 Å². The van der Waals surface area contributed by atoms with E-state index in [-0.39, 0.29) is 12.1 Å². The standard InChI is InChI=1S/C15H21ClN2O2/c1-10-8-11(9-17-13(10)16)12-6-5-7-18(12)14(19)20-15(2,3)4/h8-9,12H,5-7H2,1-4H3. The molecule has 1 aliphatic rings. The lowest BCUT2D eigenvalue weighted by Crippen LogP contribution is -2.36. The van der Waals surface area contributed by atoms with Crippen molar-refractivity contribution in [1.82, 2.24) is 9.88 Å². The summed E-state index contributed by atoms with van der Waals surface area (Å²) in [6.07, 6.45) is 3.41. The Hall–Kier alpha value is -1.29. The summed E-state index contributed by atoms with van der Waals surface area (Å²) in [4.78, 5) is 18.2. The molecule has 1 aromatic rings. The molecule has 0 bridgehead atoms. The molecular formula is C15H21ClN2O2. The minimum Gasteiger partial charge on any atom is -0.444 e. The second kappa shape index (κ2) is 5.60. The first kappa shape index (κ1) is 15.1. The number of pyridine rings is 1. The van der Waals surface area contributed by atoms with Gasteiger partial charge in [0.25, 0.3) is 0 Å². The Morgan fingerprint density at radius 1 is 1.50 bits per heavy atom. The van der Waals surface area contributed by atoms with Gasteiger partial charge in [0.1, 0.15) is 10.8 Å². The van der Waals surface area contributed by atoms with Gasteiger partial charge < -0.3 is 9.64 Å². The van der Waals surface area contributed by atoms with Crippen LogP contribution >= 0.6 is 11.6 Å². The third kappa shape index (κ3) is 3.42. The SMILES string of the molecule is Cc1cc(C2CCCN2C(=O)OC(C)(C)C)cnc1Cl. The first-order chi connectivity index (χ1) is 9.28. The molecular weight excluding hydrogens is 276 g/mol. The fourth-order valence-electron chi connectivity index (χ4n) is 2.41. The van der Waals surface area contributed by atoms with Gasteiger partial charge in [0, 0.05) is 12.7 Å². The lowest BCUT2D eigenvalue weighted by Gasteiger charge is -2.28. The number of hydrogen-bond donors (Lipinski definition) is 0. The number of carbonyl (C=O) groups excluding carboxylic acids is 1. The Kier molecular flexibility index (Phi) is 4.23. The van der Waals surface area contributed by atoms with E-state index in [1.54, 1.807) is 11.1 Å². The summed E-state index contributed by atoms with van der Waals surface area (Å²) in [5.74, 6) is 0. The van der Waals surface area contributed by atoms with Crippen LogP contribution in [0.2, 0.25) is 5.15 Å². The highest BCUT2D eigenvalue weighted by atomic mass is 35.5. The zero-order valence-corrected chi connectivity index (χ0v) is 13.2. The van der Waals surface area contributed by atoms with E-state index in [1.165, 1.54) is 0 Å². The van der Waals surface area contributed by atoms with E-state index in [9.17, 15) is 4.79 Å². The zero-order valence-electron chi connectivity index (χ0n) is 12.4. The summed E-state index contributed by atoms with van der Waals surface area (Å²) < 4.78 is 5.47. The summed E-state index contributed by atoms with van der Waals surface area (Å²) in [6.45, 7) is 8.28. The van der Waals surface area contributed by atoms with Crippen LogP contribution in [0.15, 0.2) is 12.3 Å². The fourth-order valence-corrected chi connectivity index (χ4v) is 2.52. The molecule has 110 valence electrons. The van der Waals surface area contributed by atoms with Gasteiger partial charge in [-0.05, 0) is 57.7 Å². The Bertz CT molecular complexity index is 511. The zero-order chi connectivity index (χ0) is 14.9. The molecule has 1 atom stereocenters. The molecule has 0 aromatic carbocycles. The van der Waals surface area contributed by atoms with E-state index in [2.05, 4.69) is 4.98 Å². The average molecular weight is 297 g/mol. The lowest BCUT2D eigenvalue weighted by molar-refractivity contribution is 0.0224. The maximum absolute atomic E-state index is 12.3. The first-order valence-electron chi connectivity index (χ1n) is 6.89. The molecule has 0 N–H and O–H groups in total. The first-order valence-corrected chi connectivity index (χ1v) is 7.27.